The molecule has 3 rings (SSSR count). The molecule has 2 aliphatic rings. The first-order valence-corrected chi connectivity index (χ1v) is 8.81. The number of rotatable bonds is 5. The van der Waals surface area contributed by atoms with Gasteiger partial charge in [0.1, 0.15) is 6.04 Å². The Bertz CT molecular complexity index is 720. The topological polar surface area (TPSA) is 108 Å². The van der Waals surface area contributed by atoms with Gasteiger partial charge in [-0.05, 0) is 31.0 Å². The van der Waals surface area contributed by atoms with Crippen molar-refractivity contribution in [3.8, 4) is 0 Å². The van der Waals surface area contributed by atoms with Crippen molar-refractivity contribution in [1.29, 1.82) is 0 Å². The first-order valence-electron chi connectivity index (χ1n) is 8.43. The Morgan fingerprint density at radius 2 is 2.23 bits per heavy atom. The molecule has 0 bridgehead atoms. The van der Waals surface area contributed by atoms with Crippen LogP contribution in [0.5, 0.6) is 0 Å². The SMILES string of the molecule is O=C(NC(C(=O)O)C1CCCOC1)c1ccc(Cl)c(N2CCNC2=O)c1. The van der Waals surface area contributed by atoms with Crippen molar-refractivity contribution in [2.45, 2.75) is 18.9 Å². The van der Waals surface area contributed by atoms with Gasteiger partial charge in [0.2, 0.25) is 0 Å². The number of carboxylic acid groups (broad SMARTS) is 1. The minimum Gasteiger partial charge on any atom is -0.480 e. The van der Waals surface area contributed by atoms with E-state index >= 15 is 0 Å². The molecule has 0 aromatic heterocycles. The van der Waals surface area contributed by atoms with Crippen LogP contribution in [0.15, 0.2) is 18.2 Å². The van der Waals surface area contributed by atoms with Crippen molar-refractivity contribution in [3.63, 3.8) is 0 Å². The lowest BCUT2D eigenvalue weighted by Gasteiger charge is -2.28. The molecule has 9 heteroatoms. The number of nitrogens with one attached hydrogen (secondary N) is 2. The number of carbonyl (C=O) groups excluding carboxylic acids is 2. The van der Waals surface area contributed by atoms with Crippen molar-refractivity contribution in [1.82, 2.24) is 10.6 Å². The highest BCUT2D eigenvalue weighted by Crippen LogP contribution is 2.28. The van der Waals surface area contributed by atoms with Crippen LogP contribution in [0.4, 0.5) is 10.5 Å². The van der Waals surface area contributed by atoms with E-state index in [9.17, 15) is 19.5 Å². The number of amides is 3. The molecule has 0 saturated carbocycles. The van der Waals surface area contributed by atoms with E-state index in [0.717, 1.165) is 6.42 Å². The summed E-state index contributed by atoms with van der Waals surface area (Å²) >= 11 is 6.16. The summed E-state index contributed by atoms with van der Waals surface area (Å²) in [6.45, 7) is 1.85. The summed E-state index contributed by atoms with van der Waals surface area (Å²) in [5.74, 6) is -1.90. The van der Waals surface area contributed by atoms with Crippen LogP contribution in [0, 0.1) is 5.92 Å². The smallest absolute Gasteiger partial charge is 0.326 e. The van der Waals surface area contributed by atoms with Gasteiger partial charge >= 0.3 is 12.0 Å². The first kappa shape index (κ1) is 18.5. The zero-order valence-corrected chi connectivity index (χ0v) is 14.8. The highest BCUT2D eigenvalue weighted by molar-refractivity contribution is 6.34. The number of hydrogen-bond donors (Lipinski definition) is 3. The van der Waals surface area contributed by atoms with Gasteiger partial charge < -0.3 is 20.5 Å². The van der Waals surface area contributed by atoms with E-state index in [4.69, 9.17) is 16.3 Å². The molecule has 0 aliphatic carbocycles. The van der Waals surface area contributed by atoms with Gasteiger partial charge in [0.25, 0.3) is 5.91 Å². The first-order chi connectivity index (χ1) is 12.5. The highest BCUT2D eigenvalue weighted by Gasteiger charge is 2.32. The number of carboxylic acids is 1. The summed E-state index contributed by atoms with van der Waals surface area (Å²) in [5.41, 5.74) is 0.661. The zero-order valence-electron chi connectivity index (χ0n) is 14.0. The maximum absolute atomic E-state index is 12.6. The molecular weight excluding hydrogens is 362 g/mol. The van der Waals surface area contributed by atoms with E-state index in [-0.39, 0.29) is 17.5 Å². The molecular formula is C17H20ClN3O5. The number of anilines is 1. The Hall–Kier alpha value is -2.32. The second kappa shape index (κ2) is 7.92. The molecule has 1 aromatic rings. The van der Waals surface area contributed by atoms with Crippen molar-refractivity contribution >= 4 is 35.2 Å². The number of nitrogens with zero attached hydrogens (tertiary/aromatic N) is 1. The van der Waals surface area contributed by atoms with Crippen LogP contribution in [-0.4, -0.2) is 55.4 Å². The molecule has 3 N–H and O–H groups in total. The molecule has 2 atom stereocenters. The summed E-state index contributed by atoms with van der Waals surface area (Å²) in [5, 5.41) is 15.1. The van der Waals surface area contributed by atoms with E-state index in [0.29, 0.717) is 43.4 Å². The monoisotopic (exact) mass is 381 g/mol. The predicted octanol–water partition coefficient (Wildman–Crippen LogP) is 1.48. The van der Waals surface area contributed by atoms with E-state index in [2.05, 4.69) is 10.6 Å². The molecule has 3 amide bonds. The van der Waals surface area contributed by atoms with E-state index < -0.39 is 17.9 Å². The number of ether oxygens (including phenoxy) is 1. The summed E-state index contributed by atoms with van der Waals surface area (Å²) in [4.78, 5) is 37.5. The molecule has 0 spiro atoms. The Morgan fingerprint density at radius 3 is 2.85 bits per heavy atom. The third-order valence-electron chi connectivity index (χ3n) is 4.58. The van der Waals surface area contributed by atoms with E-state index in [1.807, 2.05) is 0 Å². The maximum atomic E-state index is 12.6. The lowest BCUT2D eigenvalue weighted by atomic mass is 9.93. The van der Waals surface area contributed by atoms with Crippen LogP contribution < -0.4 is 15.5 Å². The summed E-state index contributed by atoms with van der Waals surface area (Å²) < 4.78 is 5.33. The number of aliphatic carboxylic acids is 1. The minimum atomic E-state index is -1.10. The average Bonchev–Trinajstić information content (AvgIpc) is 3.06. The van der Waals surface area contributed by atoms with Gasteiger partial charge in [-0.3, -0.25) is 9.69 Å². The van der Waals surface area contributed by atoms with Crippen molar-refractivity contribution in [2.75, 3.05) is 31.2 Å². The molecule has 2 unspecified atom stereocenters. The predicted molar refractivity (Wildman–Crippen MR) is 94.6 cm³/mol. The number of carbonyl (C=O) groups is 3. The molecule has 2 heterocycles. The lowest BCUT2D eigenvalue weighted by Crippen LogP contribution is -2.48. The van der Waals surface area contributed by atoms with Gasteiger partial charge in [-0.15, -0.1) is 0 Å². The van der Waals surface area contributed by atoms with Crippen molar-refractivity contribution in [2.24, 2.45) is 5.92 Å². The van der Waals surface area contributed by atoms with E-state index in [1.54, 1.807) is 0 Å². The Morgan fingerprint density at radius 1 is 1.42 bits per heavy atom. The second-order valence-corrected chi connectivity index (χ2v) is 6.72. The summed E-state index contributed by atoms with van der Waals surface area (Å²) in [7, 11) is 0. The van der Waals surface area contributed by atoms with Gasteiger partial charge in [0.15, 0.2) is 0 Å². The Balaban J connectivity index is 1.78. The normalized spacial score (nSPS) is 21.2. The number of halogens is 1. The van der Waals surface area contributed by atoms with Crippen molar-refractivity contribution < 1.29 is 24.2 Å². The zero-order chi connectivity index (χ0) is 18.7. The lowest BCUT2D eigenvalue weighted by molar-refractivity contribution is -0.142. The fourth-order valence-electron chi connectivity index (χ4n) is 3.20. The van der Waals surface area contributed by atoms with Crippen LogP contribution in [0.1, 0.15) is 23.2 Å². The number of hydrogen-bond acceptors (Lipinski definition) is 4. The molecule has 26 heavy (non-hydrogen) atoms. The molecule has 2 fully saturated rings. The van der Waals surface area contributed by atoms with E-state index in [1.165, 1.54) is 23.1 Å². The fraction of sp³-hybridized carbons (Fsp3) is 0.471. The van der Waals surface area contributed by atoms with Crippen LogP contribution in [0.3, 0.4) is 0 Å². The number of benzene rings is 1. The molecule has 1 aromatic carbocycles. The van der Waals surface area contributed by atoms with Gasteiger partial charge in [-0.2, -0.15) is 0 Å². The third kappa shape index (κ3) is 3.91. The Kier molecular flexibility index (Phi) is 5.63. The van der Waals surface area contributed by atoms with Crippen LogP contribution in [0.2, 0.25) is 5.02 Å². The highest BCUT2D eigenvalue weighted by atomic mass is 35.5. The third-order valence-corrected chi connectivity index (χ3v) is 4.90. The standard InChI is InChI=1S/C17H20ClN3O5/c18-12-4-3-10(8-13(12)21-6-5-19-17(21)25)15(22)20-14(16(23)24)11-2-1-7-26-9-11/h3-4,8,11,14H,1-2,5-7,9H2,(H,19,25)(H,20,22)(H,23,24). The second-order valence-electron chi connectivity index (χ2n) is 6.32. The van der Waals surface area contributed by atoms with Gasteiger partial charge in [0.05, 0.1) is 17.3 Å². The van der Waals surface area contributed by atoms with Crippen LogP contribution in [0.25, 0.3) is 0 Å². The fourth-order valence-corrected chi connectivity index (χ4v) is 3.42. The molecule has 0 radical (unpaired) electrons. The van der Waals surface area contributed by atoms with Gasteiger partial charge in [-0.25, -0.2) is 9.59 Å². The average molecular weight is 382 g/mol. The summed E-state index contributed by atoms with van der Waals surface area (Å²) in [6, 6.07) is 3.21. The van der Waals surface area contributed by atoms with Crippen LogP contribution in [-0.2, 0) is 9.53 Å². The molecule has 140 valence electrons. The Labute approximate surface area is 155 Å². The minimum absolute atomic E-state index is 0.243. The molecule has 2 aliphatic heterocycles. The summed E-state index contributed by atoms with van der Waals surface area (Å²) in [6.07, 6.45) is 1.44. The maximum Gasteiger partial charge on any atom is 0.326 e. The molecule has 2 saturated heterocycles. The molecule has 8 nitrogen and oxygen atoms in total. The van der Waals surface area contributed by atoms with Gasteiger partial charge in [0, 0.05) is 31.2 Å². The largest absolute Gasteiger partial charge is 0.480 e. The quantitative estimate of drug-likeness (QED) is 0.716. The van der Waals surface area contributed by atoms with Crippen LogP contribution >= 0.6 is 11.6 Å². The van der Waals surface area contributed by atoms with Gasteiger partial charge in [-0.1, -0.05) is 11.6 Å². The number of urea groups is 1. The van der Waals surface area contributed by atoms with Crippen molar-refractivity contribution in [3.05, 3.63) is 28.8 Å².